The van der Waals surface area contributed by atoms with E-state index in [0.717, 1.165) is 0 Å². The Balaban J connectivity index is 2.56. The fraction of sp³-hybridized carbons (Fsp3) is 0.267. The summed E-state index contributed by atoms with van der Waals surface area (Å²) in [6.07, 6.45) is 2.95. The van der Waals surface area contributed by atoms with Crippen LogP contribution < -0.4 is 4.74 Å². The molecule has 0 saturated carbocycles. The molecule has 0 atom stereocenters. The molecule has 1 aromatic carbocycles. The highest BCUT2D eigenvalue weighted by Gasteiger charge is 2.23. The molecule has 1 heterocycles. The summed E-state index contributed by atoms with van der Waals surface area (Å²) in [5.41, 5.74) is 0.525. The Morgan fingerprint density at radius 3 is 2.57 bits per heavy atom. The van der Waals surface area contributed by atoms with Gasteiger partial charge in [-0.2, -0.15) is 0 Å². The molecule has 120 valence electrons. The van der Waals surface area contributed by atoms with E-state index in [4.69, 9.17) is 9.47 Å². The minimum Gasteiger partial charge on any atom is -0.490 e. The van der Waals surface area contributed by atoms with Crippen LogP contribution in [-0.4, -0.2) is 34.6 Å². The maximum Gasteiger partial charge on any atom is 0.311 e. The first kappa shape index (κ1) is 16.3. The first-order valence-electron chi connectivity index (χ1n) is 6.85. The van der Waals surface area contributed by atoms with E-state index in [2.05, 4.69) is 9.97 Å². The van der Waals surface area contributed by atoms with Crippen LogP contribution >= 0.6 is 0 Å². The van der Waals surface area contributed by atoms with Crippen molar-refractivity contribution in [3.63, 3.8) is 0 Å². The Morgan fingerprint density at radius 1 is 1.30 bits per heavy atom. The van der Waals surface area contributed by atoms with Gasteiger partial charge in [0, 0.05) is 18.5 Å². The van der Waals surface area contributed by atoms with Gasteiger partial charge in [0.15, 0.2) is 5.82 Å². The van der Waals surface area contributed by atoms with Gasteiger partial charge in [-0.1, -0.05) is 0 Å². The van der Waals surface area contributed by atoms with E-state index < -0.39 is 10.9 Å². The smallest absolute Gasteiger partial charge is 0.311 e. The maximum atomic E-state index is 11.6. The Hall–Kier alpha value is -3.03. The molecule has 0 aliphatic rings. The topological polar surface area (TPSA) is 104 Å². The Kier molecular flexibility index (Phi) is 5.19. The minimum absolute atomic E-state index is 0.0498. The van der Waals surface area contributed by atoms with Crippen molar-refractivity contribution in [1.82, 2.24) is 9.97 Å². The number of benzene rings is 1. The molecule has 23 heavy (non-hydrogen) atoms. The monoisotopic (exact) mass is 317 g/mol. The number of rotatable bonds is 6. The summed E-state index contributed by atoms with van der Waals surface area (Å²) >= 11 is 0. The van der Waals surface area contributed by atoms with Gasteiger partial charge in [-0.25, -0.2) is 9.97 Å². The predicted octanol–water partition coefficient (Wildman–Crippen LogP) is 2.17. The molecular formula is C15H15N3O5. The van der Waals surface area contributed by atoms with Crippen molar-refractivity contribution in [3.05, 3.63) is 46.3 Å². The standard InChI is InChI=1S/C15H15N3O5/c1-3-23-13(19)9-10-7-11(15-16-5-4-6-17-15)14(22-2)12(8-10)18(20)21/h4-8H,3,9H2,1-2H3. The molecule has 2 aromatic rings. The normalized spacial score (nSPS) is 10.2. The van der Waals surface area contributed by atoms with Crippen molar-refractivity contribution < 1.29 is 19.2 Å². The van der Waals surface area contributed by atoms with Gasteiger partial charge in [-0.15, -0.1) is 0 Å². The van der Waals surface area contributed by atoms with Crippen LogP contribution in [0.25, 0.3) is 11.4 Å². The maximum absolute atomic E-state index is 11.6. The summed E-state index contributed by atoms with van der Waals surface area (Å²) in [5.74, 6) is -0.140. The Labute approximate surface area is 132 Å². The van der Waals surface area contributed by atoms with Gasteiger partial charge in [0.25, 0.3) is 0 Å². The van der Waals surface area contributed by atoms with E-state index in [-0.39, 0.29) is 30.3 Å². The van der Waals surface area contributed by atoms with Crippen LogP contribution in [0.4, 0.5) is 5.69 Å². The van der Waals surface area contributed by atoms with E-state index >= 15 is 0 Å². The number of carbonyl (C=O) groups excluding carboxylic acids is 1. The minimum atomic E-state index is -0.570. The van der Waals surface area contributed by atoms with Crippen molar-refractivity contribution in [1.29, 1.82) is 0 Å². The van der Waals surface area contributed by atoms with Crippen molar-refractivity contribution >= 4 is 11.7 Å². The van der Waals surface area contributed by atoms with E-state index in [0.29, 0.717) is 11.1 Å². The summed E-state index contributed by atoms with van der Waals surface area (Å²) in [6.45, 7) is 1.93. The van der Waals surface area contributed by atoms with Gasteiger partial charge in [-0.3, -0.25) is 14.9 Å². The van der Waals surface area contributed by atoms with Gasteiger partial charge in [-0.05, 0) is 24.6 Å². The van der Waals surface area contributed by atoms with Gasteiger partial charge >= 0.3 is 11.7 Å². The third-order valence-corrected chi connectivity index (χ3v) is 2.99. The number of esters is 1. The van der Waals surface area contributed by atoms with E-state index in [1.165, 1.54) is 25.6 Å². The molecule has 8 heteroatoms. The second kappa shape index (κ2) is 7.30. The van der Waals surface area contributed by atoms with Crippen LogP contribution in [0.3, 0.4) is 0 Å². The van der Waals surface area contributed by atoms with Gasteiger partial charge < -0.3 is 9.47 Å². The van der Waals surface area contributed by atoms with E-state index in [9.17, 15) is 14.9 Å². The lowest BCUT2D eigenvalue weighted by atomic mass is 10.0. The molecule has 8 nitrogen and oxygen atoms in total. The van der Waals surface area contributed by atoms with Crippen molar-refractivity contribution in [2.75, 3.05) is 13.7 Å². The molecule has 0 saturated heterocycles. The highest BCUT2D eigenvalue weighted by atomic mass is 16.6. The summed E-state index contributed by atoms with van der Waals surface area (Å²) < 4.78 is 10.0. The average molecular weight is 317 g/mol. The zero-order chi connectivity index (χ0) is 16.8. The number of hydrogen-bond donors (Lipinski definition) is 0. The molecule has 0 fully saturated rings. The molecule has 0 bridgehead atoms. The average Bonchev–Trinajstić information content (AvgIpc) is 2.55. The molecule has 0 spiro atoms. The number of carbonyl (C=O) groups is 1. The molecule has 0 radical (unpaired) electrons. The lowest BCUT2D eigenvalue weighted by Crippen LogP contribution is -2.08. The molecule has 2 rings (SSSR count). The quantitative estimate of drug-likeness (QED) is 0.456. The number of nitro groups is 1. The number of hydrogen-bond acceptors (Lipinski definition) is 7. The number of nitrogens with zero attached hydrogens (tertiary/aromatic N) is 3. The van der Waals surface area contributed by atoms with Crippen LogP contribution in [0.2, 0.25) is 0 Å². The van der Waals surface area contributed by atoms with Crippen molar-refractivity contribution in [3.8, 4) is 17.1 Å². The summed E-state index contributed by atoms with van der Waals surface area (Å²) in [4.78, 5) is 30.5. The first-order chi connectivity index (χ1) is 11.1. The highest BCUT2D eigenvalue weighted by molar-refractivity contribution is 5.77. The van der Waals surface area contributed by atoms with Gasteiger partial charge in [0.1, 0.15) is 0 Å². The fourth-order valence-electron chi connectivity index (χ4n) is 2.11. The Morgan fingerprint density at radius 2 is 2.00 bits per heavy atom. The molecule has 0 N–H and O–H groups in total. The van der Waals surface area contributed by atoms with Crippen molar-refractivity contribution in [2.45, 2.75) is 13.3 Å². The number of aromatic nitrogens is 2. The summed E-state index contributed by atoms with van der Waals surface area (Å²) in [7, 11) is 1.33. The van der Waals surface area contributed by atoms with Crippen LogP contribution in [-0.2, 0) is 16.0 Å². The van der Waals surface area contributed by atoms with Crippen LogP contribution in [0.15, 0.2) is 30.6 Å². The zero-order valence-corrected chi connectivity index (χ0v) is 12.7. The van der Waals surface area contributed by atoms with Gasteiger partial charge in [0.05, 0.1) is 30.6 Å². The third kappa shape index (κ3) is 3.79. The predicted molar refractivity (Wildman–Crippen MR) is 81.0 cm³/mol. The molecule has 1 aromatic heterocycles. The van der Waals surface area contributed by atoms with Crippen molar-refractivity contribution in [2.24, 2.45) is 0 Å². The number of nitro benzene ring substituents is 1. The highest BCUT2D eigenvalue weighted by Crippen LogP contribution is 2.37. The fourth-order valence-corrected chi connectivity index (χ4v) is 2.11. The molecule has 0 amide bonds. The van der Waals surface area contributed by atoms with Gasteiger partial charge in [0.2, 0.25) is 5.75 Å². The summed E-state index contributed by atoms with van der Waals surface area (Å²) in [6, 6.07) is 4.52. The number of ether oxygens (including phenoxy) is 2. The van der Waals surface area contributed by atoms with Crippen LogP contribution in [0.1, 0.15) is 12.5 Å². The SMILES string of the molecule is CCOC(=O)Cc1cc(-c2ncccn2)c(OC)c([N+](=O)[O-])c1. The zero-order valence-electron chi connectivity index (χ0n) is 12.7. The van der Waals surface area contributed by atoms with Crippen LogP contribution in [0, 0.1) is 10.1 Å². The van der Waals surface area contributed by atoms with E-state index in [1.54, 1.807) is 19.1 Å². The lowest BCUT2D eigenvalue weighted by Gasteiger charge is -2.10. The molecule has 0 aliphatic heterocycles. The largest absolute Gasteiger partial charge is 0.490 e. The first-order valence-corrected chi connectivity index (χ1v) is 6.85. The molecule has 0 aliphatic carbocycles. The second-order valence-corrected chi connectivity index (χ2v) is 4.51. The Bertz CT molecular complexity index is 719. The lowest BCUT2D eigenvalue weighted by molar-refractivity contribution is -0.385. The van der Waals surface area contributed by atoms with E-state index in [1.807, 2.05) is 0 Å². The molecular weight excluding hydrogens is 302 g/mol. The third-order valence-electron chi connectivity index (χ3n) is 2.99. The second-order valence-electron chi connectivity index (χ2n) is 4.51. The molecule has 0 unspecified atom stereocenters. The van der Waals surface area contributed by atoms with Crippen LogP contribution in [0.5, 0.6) is 5.75 Å². The summed E-state index contributed by atoms with van der Waals surface area (Å²) in [5, 5.41) is 11.3. The number of methoxy groups -OCH3 is 1.